The molecule has 1 heterocycles. The summed E-state index contributed by atoms with van der Waals surface area (Å²) in [6, 6.07) is 3.08. The van der Waals surface area contributed by atoms with Crippen molar-refractivity contribution in [2.24, 2.45) is 0 Å². The summed E-state index contributed by atoms with van der Waals surface area (Å²) in [6.07, 6.45) is 0.439. The number of benzene rings is 1. The van der Waals surface area contributed by atoms with Crippen LogP contribution in [0.5, 0.6) is 5.75 Å². The molecular formula is C12H15NO6S. The molecular weight excluding hydrogens is 286 g/mol. The highest BCUT2D eigenvalue weighted by Gasteiger charge is 2.46. The average Bonchev–Trinajstić information content (AvgIpc) is 2.34. The van der Waals surface area contributed by atoms with E-state index in [1.165, 1.54) is 0 Å². The van der Waals surface area contributed by atoms with E-state index in [2.05, 4.69) is 0 Å². The van der Waals surface area contributed by atoms with Crippen LogP contribution in [0.1, 0.15) is 23.7 Å². The first kappa shape index (κ1) is 14.8. The zero-order valence-corrected chi connectivity index (χ0v) is 11.6. The summed E-state index contributed by atoms with van der Waals surface area (Å²) in [6.45, 7) is 1.72. The van der Waals surface area contributed by atoms with Crippen LogP contribution in [0, 0.1) is 0 Å². The van der Waals surface area contributed by atoms with Crippen LogP contribution in [-0.2, 0) is 10.0 Å². The maximum atomic E-state index is 12.2. The minimum absolute atomic E-state index is 0.0187. The number of carboxylic acids is 1. The first-order valence-corrected chi connectivity index (χ1v) is 7.42. The molecule has 110 valence electrons. The number of nitrogens with zero attached hydrogens (tertiary/aromatic N) is 1. The number of rotatable bonds is 4. The van der Waals surface area contributed by atoms with Gasteiger partial charge in [0.05, 0.1) is 10.5 Å². The Kier molecular flexibility index (Phi) is 3.49. The van der Waals surface area contributed by atoms with Gasteiger partial charge in [-0.3, -0.25) is 0 Å². The SMILES string of the molecule is CCC1(O)CN(S(=O)(=O)c2ccc(O)c(C(=O)O)c2)C1. The number of phenols is 1. The number of carbonyl (C=O) groups is 1. The smallest absolute Gasteiger partial charge is 0.339 e. The van der Waals surface area contributed by atoms with Crippen molar-refractivity contribution >= 4 is 16.0 Å². The van der Waals surface area contributed by atoms with Gasteiger partial charge in [-0.25, -0.2) is 13.2 Å². The van der Waals surface area contributed by atoms with Crippen molar-refractivity contribution in [1.82, 2.24) is 4.31 Å². The number of sulfonamides is 1. The van der Waals surface area contributed by atoms with Crippen molar-refractivity contribution in [3.63, 3.8) is 0 Å². The van der Waals surface area contributed by atoms with E-state index in [-0.39, 0.29) is 18.0 Å². The van der Waals surface area contributed by atoms with E-state index >= 15 is 0 Å². The standard InChI is InChI=1S/C12H15NO6S/c1-2-12(17)6-13(7-12)20(18,19)8-3-4-10(14)9(5-8)11(15)16/h3-5,14,17H,2,6-7H2,1H3,(H,15,16). The first-order chi connectivity index (χ1) is 9.19. The van der Waals surface area contributed by atoms with Gasteiger partial charge in [0.1, 0.15) is 11.3 Å². The van der Waals surface area contributed by atoms with Gasteiger partial charge >= 0.3 is 5.97 Å². The minimum Gasteiger partial charge on any atom is -0.507 e. The van der Waals surface area contributed by atoms with Gasteiger partial charge in [0.2, 0.25) is 10.0 Å². The molecule has 0 saturated carbocycles. The van der Waals surface area contributed by atoms with Gasteiger partial charge in [-0.2, -0.15) is 4.31 Å². The lowest BCUT2D eigenvalue weighted by Gasteiger charge is -2.44. The Morgan fingerprint density at radius 2 is 2.00 bits per heavy atom. The monoisotopic (exact) mass is 301 g/mol. The average molecular weight is 301 g/mol. The van der Waals surface area contributed by atoms with Crippen LogP contribution in [0.4, 0.5) is 0 Å². The van der Waals surface area contributed by atoms with Crippen LogP contribution in [0.25, 0.3) is 0 Å². The van der Waals surface area contributed by atoms with Crippen LogP contribution in [0.2, 0.25) is 0 Å². The van der Waals surface area contributed by atoms with Gasteiger partial charge in [0.15, 0.2) is 0 Å². The zero-order valence-electron chi connectivity index (χ0n) is 10.8. The number of aliphatic hydroxyl groups is 1. The van der Waals surface area contributed by atoms with Gasteiger partial charge in [-0.1, -0.05) is 6.92 Å². The summed E-state index contributed by atoms with van der Waals surface area (Å²) in [5.41, 5.74) is -1.49. The summed E-state index contributed by atoms with van der Waals surface area (Å²) >= 11 is 0. The third kappa shape index (κ3) is 2.37. The molecule has 1 saturated heterocycles. The molecule has 0 bridgehead atoms. The molecule has 0 spiro atoms. The second-order valence-electron chi connectivity index (χ2n) is 4.84. The highest BCUT2D eigenvalue weighted by molar-refractivity contribution is 7.89. The summed E-state index contributed by atoms with van der Waals surface area (Å²) < 4.78 is 25.6. The van der Waals surface area contributed by atoms with E-state index < -0.39 is 32.9 Å². The Balaban J connectivity index is 2.32. The van der Waals surface area contributed by atoms with Crippen LogP contribution >= 0.6 is 0 Å². The maximum Gasteiger partial charge on any atom is 0.339 e. The number of β-amino-alcohol motifs (C(OH)–C–C–N with tert-alkyl or cyclic N) is 1. The molecule has 1 fully saturated rings. The Hall–Kier alpha value is -1.64. The molecule has 0 atom stereocenters. The van der Waals surface area contributed by atoms with Crippen molar-refractivity contribution in [2.45, 2.75) is 23.8 Å². The molecule has 20 heavy (non-hydrogen) atoms. The Morgan fingerprint density at radius 3 is 2.50 bits per heavy atom. The van der Waals surface area contributed by atoms with Crippen molar-refractivity contribution in [3.05, 3.63) is 23.8 Å². The zero-order chi connectivity index (χ0) is 15.1. The molecule has 7 nitrogen and oxygen atoms in total. The van der Waals surface area contributed by atoms with Gasteiger partial charge in [0, 0.05) is 13.1 Å². The maximum absolute atomic E-state index is 12.2. The van der Waals surface area contributed by atoms with E-state index in [0.29, 0.717) is 6.42 Å². The van der Waals surface area contributed by atoms with Crippen molar-refractivity contribution < 1.29 is 28.5 Å². The summed E-state index contributed by atoms with van der Waals surface area (Å²) in [5.74, 6) is -1.90. The van der Waals surface area contributed by atoms with Crippen molar-refractivity contribution in [2.75, 3.05) is 13.1 Å². The van der Waals surface area contributed by atoms with Crippen LogP contribution in [0.3, 0.4) is 0 Å². The number of aromatic hydroxyl groups is 1. The highest BCUT2D eigenvalue weighted by Crippen LogP contribution is 2.31. The summed E-state index contributed by atoms with van der Waals surface area (Å²) in [4.78, 5) is 10.7. The molecule has 1 aliphatic heterocycles. The lowest BCUT2D eigenvalue weighted by molar-refractivity contribution is -0.0613. The Labute approximate surface area is 116 Å². The van der Waals surface area contributed by atoms with E-state index in [9.17, 15) is 23.4 Å². The molecule has 3 N–H and O–H groups in total. The lowest BCUT2D eigenvalue weighted by Crippen LogP contribution is -2.62. The van der Waals surface area contributed by atoms with Crippen LogP contribution < -0.4 is 0 Å². The number of hydrogen-bond donors (Lipinski definition) is 3. The molecule has 0 amide bonds. The lowest BCUT2D eigenvalue weighted by atomic mass is 9.94. The predicted molar refractivity (Wildman–Crippen MR) is 69.1 cm³/mol. The summed E-state index contributed by atoms with van der Waals surface area (Å²) in [5, 5.41) is 28.1. The molecule has 1 aliphatic rings. The Bertz CT molecular complexity index is 648. The molecule has 1 aromatic rings. The summed E-state index contributed by atoms with van der Waals surface area (Å²) in [7, 11) is -3.86. The molecule has 1 aromatic carbocycles. The molecule has 0 radical (unpaired) electrons. The second kappa shape index (κ2) is 4.72. The van der Waals surface area contributed by atoms with Crippen LogP contribution in [-0.4, -0.2) is 52.7 Å². The fraction of sp³-hybridized carbons (Fsp3) is 0.417. The number of carboxylic acid groups (broad SMARTS) is 1. The highest BCUT2D eigenvalue weighted by atomic mass is 32.2. The van der Waals surface area contributed by atoms with Gasteiger partial charge in [0.25, 0.3) is 0 Å². The minimum atomic E-state index is -3.86. The predicted octanol–water partition coefficient (Wildman–Crippen LogP) is 0.236. The van der Waals surface area contributed by atoms with E-state index in [0.717, 1.165) is 22.5 Å². The van der Waals surface area contributed by atoms with E-state index in [1.54, 1.807) is 6.92 Å². The molecule has 0 aromatic heterocycles. The quantitative estimate of drug-likeness (QED) is 0.733. The molecule has 0 aliphatic carbocycles. The van der Waals surface area contributed by atoms with Gasteiger partial charge < -0.3 is 15.3 Å². The fourth-order valence-corrected chi connectivity index (χ4v) is 3.63. The Morgan fingerprint density at radius 1 is 1.40 bits per heavy atom. The fourth-order valence-electron chi connectivity index (χ4n) is 2.00. The topological polar surface area (TPSA) is 115 Å². The van der Waals surface area contributed by atoms with Gasteiger partial charge in [-0.05, 0) is 24.6 Å². The van der Waals surface area contributed by atoms with E-state index in [1.807, 2.05) is 0 Å². The first-order valence-electron chi connectivity index (χ1n) is 5.98. The number of aromatic carboxylic acids is 1. The molecule has 2 rings (SSSR count). The van der Waals surface area contributed by atoms with Crippen molar-refractivity contribution in [1.29, 1.82) is 0 Å². The van der Waals surface area contributed by atoms with Crippen LogP contribution in [0.15, 0.2) is 23.1 Å². The van der Waals surface area contributed by atoms with Gasteiger partial charge in [-0.15, -0.1) is 0 Å². The third-order valence-corrected chi connectivity index (χ3v) is 5.22. The largest absolute Gasteiger partial charge is 0.507 e. The molecule has 8 heteroatoms. The number of hydrogen-bond acceptors (Lipinski definition) is 5. The molecule has 0 unspecified atom stereocenters. The normalized spacial score (nSPS) is 18.5. The van der Waals surface area contributed by atoms with E-state index in [4.69, 9.17) is 5.11 Å². The van der Waals surface area contributed by atoms with Crippen molar-refractivity contribution in [3.8, 4) is 5.75 Å². The third-order valence-electron chi connectivity index (χ3n) is 3.44. The second-order valence-corrected chi connectivity index (χ2v) is 6.77.